The Morgan fingerprint density at radius 3 is 2.10 bits per heavy atom. The van der Waals surface area contributed by atoms with Crippen LogP contribution in [0.15, 0.2) is 60.7 Å². The van der Waals surface area contributed by atoms with Gasteiger partial charge in [0.05, 0.1) is 0 Å². The van der Waals surface area contributed by atoms with E-state index in [1.54, 1.807) is 6.07 Å². The Hall–Kier alpha value is -2.59. The molecule has 1 heteroatoms. The van der Waals surface area contributed by atoms with Gasteiger partial charge in [-0.2, -0.15) is 0 Å². The molecule has 1 aliphatic rings. The molecule has 1 fully saturated rings. The summed E-state index contributed by atoms with van der Waals surface area (Å²) >= 11 is 0. The third-order valence-electron chi connectivity index (χ3n) is 6.88. The van der Waals surface area contributed by atoms with Gasteiger partial charge in [-0.05, 0) is 77.4 Å². The Morgan fingerprint density at radius 2 is 1.35 bits per heavy atom. The first kappa shape index (κ1) is 21.6. The molecular formula is C30H33F. The second-order valence-electron chi connectivity index (χ2n) is 9.22. The van der Waals surface area contributed by atoms with Crippen LogP contribution in [0.4, 0.5) is 4.39 Å². The predicted molar refractivity (Wildman–Crippen MR) is 130 cm³/mol. The second-order valence-corrected chi connectivity index (χ2v) is 9.22. The molecule has 0 bridgehead atoms. The number of halogens is 1. The predicted octanol–water partition coefficient (Wildman–Crippen LogP) is 8.31. The molecule has 0 spiro atoms. The number of aryl methyl sites for hydroxylation is 1. The van der Waals surface area contributed by atoms with Gasteiger partial charge in [-0.1, -0.05) is 88.0 Å². The van der Waals surface area contributed by atoms with Gasteiger partial charge in [0.15, 0.2) is 0 Å². The van der Waals surface area contributed by atoms with Crippen LogP contribution >= 0.6 is 0 Å². The zero-order valence-electron chi connectivity index (χ0n) is 18.7. The van der Waals surface area contributed by atoms with Gasteiger partial charge in [0.1, 0.15) is 5.82 Å². The van der Waals surface area contributed by atoms with Gasteiger partial charge in [0, 0.05) is 11.1 Å². The quantitative estimate of drug-likeness (QED) is 0.357. The van der Waals surface area contributed by atoms with E-state index in [9.17, 15) is 4.39 Å². The van der Waals surface area contributed by atoms with Gasteiger partial charge in [-0.15, -0.1) is 0 Å². The van der Waals surface area contributed by atoms with Crippen molar-refractivity contribution in [1.82, 2.24) is 0 Å². The van der Waals surface area contributed by atoms with E-state index < -0.39 is 0 Å². The topological polar surface area (TPSA) is 0 Å². The maximum Gasteiger partial charge on any atom is 0.123 e. The summed E-state index contributed by atoms with van der Waals surface area (Å²) in [6, 6.07) is 19.5. The van der Waals surface area contributed by atoms with Crippen LogP contribution in [-0.4, -0.2) is 0 Å². The Labute approximate surface area is 186 Å². The van der Waals surface area contributed by atoms with Crippen molar-refractivity contribution in [3.8, 4) is 11.8 Å². The van der Waals surface area contributed by atoms with E-state index in [0.717, 1.165) is 33.7 Å². The third-order valence-corrected chi connectivity index (χ3v) is 6.88. The molecule has 0 atom stereocenters. The lowest BCUT2D eigenvalue weighted by Crippen LogP contribution is -2.15. The third kappa shape index (κ3) is 6.20. The molecule has 0 aliphatic heterocycles. The molecule has 0 amide bonds. The highest BCUT2D eigenvalue weighted by Gasteiger charge is 2.20. The monoisotopic (exact) mass is 412 g/mol. The molecule has 0 heterocycles. The van der Waals surface area contributed by atoms with E-state index in [-0.39, 0.29) is 5.82 Å². The van der Waals surface area contributed by atoms with Crippen LogP contribution in [0.5, 0.6) is 0 Å². The average Bonchev–Trinajstić information content (AvgIpc) is 2.81. The van der Waals surface area contributed by atoms with E-state index in [2.05, 4.69) is 43.0 Å². The zero-order chi connectivity index (χ0) is 21.5. The fourth-order valence-electron chi connectivity index (χ4n) is 4.87. The van der Waals surface area contributed by atoms with Crippen LogP contribution in [0.25, 0.3) is 10.8 Å². The van der Waals surface area contributed by atoms with E-state index in [4.69, 9.17) is 0 Å². The summed E-state index contributed by atoms with van der Waals surface area (Å²) in [7, 11) is 0. The summed E-state index contributed by atoms with van der Waals surface area (Å²) < 4.78 is 13.3. The standard InChI is InChI=1S/C30H33F/c1-2-3-4-23-5-7-24(8-6-23)9-10-25-11-13-26(14-12-25)15-16-27-17-18-29-22-30(31)20-19-28(29)21-27/h11-14,17-24H,2-10H2,1H3. The van der Waals surface area contributed by atoms with Crippen LogP contribution in [0.1, 0.15) is 75.0 Å². The lowest BCUT2D eigenvalue weighted by molar-refractivity contribution is 0.250. The fraction of sp³-hybridized carbons (Fsp3) is 0.400. The highest BCUT2D eigenvalue weighted by Crippen LogP contribution is 2.34. The first-order valence-electron chi connectivity index (χ1n) is 12.0. The van der Waals surface area contributed by atoms with Gasteiger partial charge in [0.25, 0.3) is 0 Å². The number of hydrogen-bond acceptors (Lipinski definition) is 0. The summed E-state index contributed by atoms with van der Waals surface area (Å²) in [6.45, 7) is 2.30. The molecule has 160 valence electrons. The highest BCUT2D eigenvalue weighted by molar-refractivity contribution is 5.83. The summed E-state index contributed by atoms with van der Waals surface area (Å²) in [5.74, 6) is 8.22. The van der Waals surface area contributed by atoms with Crippen LogP contribution in [-0.2, 0) is 6.42 Å². The Bertz CT molecular complexity index is 1040. The molecule has 1 aliphatic carbocycles. The summed E-state index contributed by atoms with van der Waals surface area (Å²) in [4.78, 5) is 0. The first-order chi connectivity index (χ1) is 15.2. The van der Waals surface area contributed by atoms with Gasteiger partial charge in [-0.3, -0.25) is 0 Å². The number of fused-ring (bicyclic) bond motifs is 1. The maximum absolute atomic E-state index is 13.3. The summed E-state index contributed by atoms with van der Waals surface area (Å²) in [5, 5.41) is 1.92. The summed E-state index contributed by atoms with van der Waals surface area (Å²) in [5.41, 5.74) is 3.42. The number of rotatable bonds is 6. The smallest absolute Gasteiger partial charge is 0.123 e. The van der Waals surface area contributed by atoms with E-state index in [1.807, 2.05) is 24.3 Å². The first-order valence-corrected chi connectivity index (χ1v) is 12.0. The van der Waals surface area contributed by atoms with Crippen molar-refractivity contribution in [3.05, 3.63) is 83.2 Å². The molecule has 31 heavy (non-hydrogen) atoms. The molecule has 0 N–H and O–H groups in total. The van der Waals surface area contributed by atoms with E-state index >= 15 is 0 Å². The van der Waals surface area contributed by atoms with Crippen molar-refractivity contribution in [1.29, 1.82) is 0 Å². The van der Waals surface area contributed by atoms with E-state index in [1.165, 1.54) is 69.4 Å². The minimum Gasteiger partial charge on any atom is -0.207 e. The van der Waals surface area contributed by atoms with Crippen LogP contribution in [0.2, 0.25) is 0 Å². The molecule has 0 saturated heterocycles. The lowest BCUT2D eigenvalue weighted by Gasteiger charge is -2.28. The zero-order valence-corrected chi connectivity index (χ0v) is 18.7. The lowest BCUT2D eigenvalue weighted by atomic mass is 9.78. The van der Waals surface area contributed by atoms with Crippen LogP contribution < -0.4 is 0 Å². The van der Waals surface area contributed by atoms with Crippen molar-refractivity contribution in [2.75, 3.05) is 0 Å². The van der Waals surface area contributed by atoms with Crippen LogP contribution in [0.3, 0.4) is 0 Å². The Morgan fingerprint density at radius 1 is 0.742 bits per heavy atom. The molecule has 0 aromatic heterocycles. The molecule has 0 unspecified atom stereocenters. The van der Waals surface area contributed by atoms with Crippen molar-refractivity contribution in [2.45, 2.75) is 64.7 Å². The molecule has 1 saturated carbocycles. The van der Waals surface area contributed by atoms with Gasteiger partial charge in [-0.25, -0.2) is 4.39 Å². The Kier molecular flexibility index (Phi) is 7.42. The van der Waals surface area contributed by atoms with Crippen molar-refractivity contribution in [2.24, 2.45) is 11.8 Å². The van der Waals surface area contributed by atoms with Crippen molar-refractivity contribution < 1.29 is 4.39 Å². The largest absolute Gasteiger partial charge is 0.207 e. The minimum atomic E-state index is -0.203. The molecule has 4 rings (SSSR count). The molecule has 3 aromatic rings. The minimum absolute atomic E-state index is 0.203. The second kappa shape index (κ2) is 10.6. The Balaban J connectivity index is 1.29. The molecule has 0 radical (unpaired) electrons. The molecular weight excluding hydrogens is 379 g/mol. The fourth-order valence-corrected chi connectivity index (χ4v) is 4.87. The van der Waals surface area contributed by atoms with Gasteiger partial charge >= 0.3 is 0 Å². The number of hydrogen-bond donors (Lipinski definition) is 0. The normalized spacial score (nSPS) is 18.5. The SMILES string of the molecule is CCCCC1CCC(CCc2ccc(C#Cc3ccc4cc(F)ccc4c3)cc2)CC1. The van der Waals surface area contributed by atoms with E-state index in [0.29, 0.717) is 0 Å². The van der Waals surface area contributed by atoms with Crippen LogP contribution in [0, 0.1) is 29.5 Å². The van der Waals surface area contributed by atoms with Crippen molar-refractivity contribution in [3.63, 3.8) is 0 Å². The van der Waals surface area contributed by atoms with Crippen molar-refractivity contribution >= 4 is 10.8 Å². The molecule has 3 aromatic carbocycles. The number of benzene rings is 3. The molecule has 0 nitrogen and oxygen atoms in total. The highest BCUT2D eigenvalue weighted by atomic mass is 19.1. The average molecular weight is 413 g/mol. The summed E-state index contributed by atoms with van der Waals surface area (Å²) in [6.07, 6.45) is 12.4. The maximum atomic E-state index is 13.3. The number of unbranched alkanes of at least 4 members (excludes halogenated alkanes) is 1. The van der Waals surface area contributed by atoms with Gasteiger partial charge < -0.3 is 0 Å². The van der Waals surface area contributed by atoms with Gasteiger partial charge in [0.2, 0.25) is 0 Å².